The van der Waals surface area contributed by atoms with Crippen LogP contribution in [0.15, 0.2) is 0 Å². The van der Waals surface area contributed by atoms with Crippen molar-refractivity contribution in [2.45, 2.75) is 38.1 Å². The van der Waals surface area contributed by atoms with Crippen LogP contribution in [0.5, 0.6) is 0 Å². The van der Waals surface area contributed by atoms with Gasteiger partial charge >= 0.3 is 0 Å². The van der Waals surface area contributed by atoms with E-state index in [0.717, 1.165) is 36.6 Å². The van der Waals surface area contributed by atoms with Crippen LogP contribution in [0.4, 0.5) is 5.13 Å². The summed E-state index contributed by atoms with van der Waals surface area (Å²) in [5.74, 6) is 0.889. The molecule has 0 saturated carbocycles. The fraction of sp³-hybridized carbons (Fsp3) is 0.818. The second-order valence-corrected chi connectivity index (χ2v) is 5.19. The number of aromatic nitrogens is 2. The van der Waals surface area contributed by atoms with E-state index in [1.807, 2.05) is 0 Å². The molecule has 6 heteroatoms. The number of hydrogen-bond acceptors (Lipinski definition) is 6. The second kappa shape index (κ2) is 5.75. The van der Waals surface area contributed by atoms with Gasteiger partial charge in [-0.1, -0.05) is 6.92 Å². The molecule has 1 aliphatic rings. The predicted octanol–water partition coefficient (Wildman–Crippen LogP) is 1.44. The fourth-order valence-corrected chi connectivity index (χ4v) is 2.67. The Balaban J connectivity index is 2.01. The molecule has 5 nitrogen and oxygen atoms in total. The van der Waals surface area contributed by atoms with Crippen molar-refractivity contribution in [1.82, 2.24) is 9.36 Å². The summed E-state index contributed by atoms with van der Waals surface area (Å²) in [6.45, 7) is 3.60. The number of aliphatic hydroxyl groups is 1. The standard InChI is InChI=1S/C11H19N3O2S/c1-2-3-9-12-10(17-14-9)13-11(8-15)4-6-16-7-5-11/h15H,2-8H2,1H3,(H,12,13,14). The van der Waals surface area contributed by atoms with Gasteiger partial charge in [-0.25, -0.2) is 4.98 Å². The molecule has 96 valence electrons. The number of ether oxygens (including phenoxy) is 1. The van der Waals surface area contributed by atoms with Crippen molar-refractivity contribution in [2.75, 3.05) is 25.1 Å². The molecule has 0 amide bonds. The van der Waals surface area contributed by atoms with E-state index >= 15 is 0 Å². The van der Waals surface area contributed by atoms with Crippen molar-refractivity contribution in [2.24, 2.45) is 0 Å². The highest BCUT2D eigenvalue weighted by atomic mass is 32.1. The van der Waals surface area contributed by atoms with E-state index < -0.39 is 0 Å². The molecule has 0 unspecified atom stereocenters. The lowest BCUT2D eigenvalue weighted by molar-refractivity contribution is 0.0380. The zero-order valence-corrected chi connectivity index (χ0v) is 10.9. The third-order valence-corrected chi connectivity index (χ3v) is 3.73. The Bertz CT molecular complexity index is 350. The molecule has 17 heavy (non-hydrogen) atoms. The fourth-order valence-electron chi connectivity index (χ4n) is 1.94. The van der Waals surface area contributed by atoms with Gasteiger partial charge in [0.25, 0.3) is 0 Å². The zero-order chi connectivity index (χ0) is 12.1. The van der Waals surface area contributed by atoms with Gasteiger partial charge < -0.3 is 15.2 Å². The van der Waals surface area contributed by atoms with Crippen LogP contribution < -0.4 is 5.32 Å². The van der Waals surface area contributed by atoms with E-state index in [0.29, 0.717) is 13.2 Å². The number of aryl methyl sites for hydroxylation is 1. The Morgan fingerprint density at radius 1 is 1.47 bits per heavy atom. The first kappa shape index (κ1) is 12.7. The highest BCUT2D eigenvalue weighted by molar-refractivity contribution is 7.09. The third kappa shape index (κ3) is 3.14. The van der Waals surface area contributed by atoms with E-state index in [1.54, 1.807) is 0 Å². The quantitative estimate of drug-likeness (QED) is 0.835. The van der Waals surface area contributed by atoms with Crippen LogP contribution in [0.2, 0.25) is 0 Å². The first-order chi connectivity index (χ1) is 8.28. The lowest BCUT2D eigenvalue weighted by Gasteiger charge is -2.35. The Kier molecular flexibility index (Phi) is 4.31. The van der Waals surface area contributed by atoms with Gasteiger partial charge in [-0.2, -0.15) is 4.37 Å². The Labute approximate surface area is 105 Å². The Hall–Kier alpha value is -0.720. The van der Waals surface area contributed by atoms with Crippen molar-refractivity contribution < 1.29 is 9.84 Å². The van der Waals surface area contributed by atoms with Gasteiger partial charge in [0.1, 0.15) is 5.82 Å². The van der Waals surface area contributed by atoms with E-state index in [-0.39, 0.29) is 12.1 Å². The first-order valence-corrected chi connectivity index (χ1v) is 6.85. The first-order valence-electron chi connectivity index (χ1n) is 6.07. The summed E-state index contributed by atoms with van der Waals surface area (Å²) in [4.78, 5) is 4.43. The van der Waals surface area contributed by atoms with Crippen LogP contribution in [0.1, 0.15) is 32.0 Å². The summed E-state index contributed by atoms with van der Waals surface area (Å²) in [6.07, 6.45) is 3.58. The molecule has 2 heterocycles. The average molecular weight is 257 g/mol. The number of nitrogens with one attached hydrogen (secondary N) is 1. The van der Waals surface area contributed by atoms with Crippen molar-refractivity contribution in [3.8, 4) is 0 Å². The molecule has 1 aliphatic heterocycles. The molecule has 0 spiro atoms. The lowest BCUT2D eigenvalue weighted by Crippen LogP contribution is -2.46. The average Bonchev–Trinajstić information content (AvgIpc) is 2.78. The molecule has 1 fully saturated rings. The topological polar surface area (TPSA) is 67.3 Å². The normalized spacial score (nSPS) is 19.2. The minimum atomic E-state index is -0.277. The number of anilines is 1. The van der Waals surface area contributed by atoms with Crippen molar-refractivity contribution >= 4 is 16.7 Å². The summed E-state index contributed by atoms with van der Waals surface area (Å²) in [5.41, 5.74) is -0.277. The van der Waals surface area contributed by atoms with Crippen LogP contribution >= 0.6 is 11.5 Å². The monoisotopic (exact) mass is 257 g/mol. The van der Waals surface area contributed by atoms with Gasteiger partial charge in [-0.3, -0.25) is 0 Å². The minimum Gasteiger partial charge on any atom is -0.394 e. The van der Waals surface area contributed by atoms with Crippen molar-refractivity contribution in [3.05, 3.63) is 5.82 Å². The second-order valence-electron chi connectivity index (χ2n) is 4.44. The molecule has 0 radical (unpaired) electrons. The van der Waals surface area contributed by atoms with E-state index in [1.165, 1.54) is 11.5 Å². The number of aliphatic hydroxyl groups excluding tert-OH is 1. The molecule has 2 N–H and O–H groups in total. The molecule has 0 aliphatic carbocycles. The summed E-state index contributed by atoms with van der Waals surface area (Å²) in [6, 6.07) is 0. The lowest BCUT2D eigenvalue weighted by atomic mass is 9.91. The highest BCUT2D eigenvalue weighted by Crippen LogP contribution is 2.26. The molecule has 0 aromatic carbocycles. The Morgan fingerprint density at radius 3 is 2.88 bits per heavy atom. The number of nitrogens with zero attached hydrogens (tertiary/aromatic N) is 2. The van der Waals surface area contributed by atoms with Crippen LogP contribution in [0.3, 0.4) is 0 Å². The summed E-state index contributed by atoms with van der Waals surface area (Å²) >= 11 is 1.37. The summed E-state index contributed by atoms with van der Waals surface area (Å²) in [5, 5.41) is 13.7. The van der Waals surface area contributed by atoms with Crippen LogP contribution in [-0.2, 0) is 11.2 Å². The summed E-state index contributed by atoms with van der Waals surface area (Å²) in [7, 11) is 0. The van der Waals surface area contributed by atoms with Crippen LogP contribution in [0.25, 0.3) is 0 Å². The number of hydrogen-bond donors (Lipinski definition) is 2. The molecular weight excluding hydrogens is 238 g/mol. The van der Waals surface area contributed by atoms with Gasteiger partial charge in [-0.05, 0) is 19.3 Å². The van der Waals surface area contributed by atoms with Gasteiger partial charge in [0.05, 0.1) is 12.1 Å². The van der Waals surface area contributed by atoms with Crippen LogP contribution in [-0.4, -0.2) is 39.8 Å². The van der Waals surface area contributed by atoms with E-state index in [2.05, 4.69) is 21.6 Å². The molecular formula is C11H19N3O2S. The minimum absolute atomic E-state index is 0.110. The molecule has 1 saturated heterocycles. The predicted molar refractivity (Wildman–Crippen MR) is 67.4 cm³/mol. The van der Waals surface area contributed by atoms with Crippen molar-refractivity contribution in [1.29, 1.82) is 0 Å². The van der Waals surface area contributed by atoms with Gasteiger partial charge in [0.15, 0.2) is 0 Å². The maximum atomic E-state index is 9.55. The van der Waals surface area contributed by atoms with Gasteiger partial charge in [0, 0.05) is 31.2 Å². The molecule has 1 aromatic rings. The SMILES string of the molecule is CCCc1nsc(NC2(CO)CCOCC2)n1. The molecule has 0 bridgehead atoms. The van der Waals surface area contributed by atoms with Crippen LogP contribution in [0, 0.1) is 0 Å². The van der Waals surface area contributed by atoms with E-state index in [9.17, 15) is 5.11 Å². The maximum Gasteiger partial charge on any atom is 0.203 e. The zero-order valence-electron chi connectivity index (χ0n) is 10.1. The molecule has 0 atom stereocenters. The number of rotatable bonds is 5. The smallest absolute Gasteiger partial charge is 0.203 e. The maximum absolute atomic E-state index is 9.55. The van der Waals surface area contributed by atoms with E-state index in [4.69, 9.17) is 4.74 Å². The molecule has 1 aromatic heterocycles. The van der Waals surface area contributed by atoms with Gasteiger partial charge in [0.2, 0.25) is 5.13 Å². The van der Waals surface area contributed by atoms with Gasteiger partial charge in [-0.15, -0.1) is 0 Å². The third-order valence-electron chi connectivity index (χ3n) is 3.07. The molecule has 2 rings (SSSR count). The highest BCUT2D eigenvalue weighted by Gasteiger charge is 2.32. The largest absolute Gasteiger partial charge is 0.394 e. The van der Waals surface area contributed by atoms with Crippen molar-refractivity contribution in [3.63, 3.8) is 0 Å². The summed E-state index contributed by atoms with van der Waals surface area (Å²) < 4.78 is 9.62. The Morgan fingerprint density at radius 2 is 2.24 bits per heavy atom.